The molecule has 1 aliphatic rings. The summed E-state index contributed by atoms with van der Waals surface area (Å²) in [6.07, 6.45) is 4.78. The fourth-order valence-corrected chi connectivity index (χ4v) is 5.59. The number of nitrogens with one attached hydrogen (secondary N) is 2. The van der Waals surface area contributed by atoms with Crippen molar-refractivity contribution in [3.8, 4) is 23.0 Å². The molecule has 228 valence electrons. The number of carbonyl (C=O) groups is 1. The second-order valence-electron chi connectivity index (χ2n) is 10.7. The summed E-state index contributed by atoms with van der Waals surface area (Å²) in [6, 6.07) is 19.3. The van der Waals surface area contributed by atoms with Crippen LogP contribution in [0, 0.1) is 0 Å². The number of hydrogen-bond donors (Lipinski definition) is 2. The third kappa shape index (κ3) is 7.60. The van der Waals surface area contributed by atoms with E-state index in [2.05, 4.69) is 20.1 Å². The molecule has 1 amide bonds. The summed E-state index contributed by atoms with van der Waals surface area (Å²) < 4.78 is 22.5. The lowest BCUT2D eigenvalue weighted by Gasteiger charge is -2.34. The van der Waals surface area contributed by atoms with Crippen LogP contribution in [0.25, 0.3) is 10.9 Å². The van der Waals surface area contributed by atoms with Crippen LogP contribution in [0.3, 0.4) is 0 Å². The Morgan fingerprint density at radius 3 is 2.26 bits per heavy atom. The zero-order valence-corrected chi connectivity index (χ0v) is 25.4. The Labute approximate surface area is 253 Å². The van der Waals surface area contributed by atoms with Gasteiger partial charge in [0.15, 0.2) is 11.5 Å². The summed E-state index contributed by atoms with van der Waals surface area (Å²) in [5.41, 5.74) is 3.48. The molecule has 0 atom stereocenters. The zero-order chi connectivity index (χ0) is 30.0. The number of aromatic amines is 1. The van der Waals surface area contributed by atoms with E-state index in [4.69, 9.17) is 18.9 Å². The molecule has 0 aliphatic carbocycles. The summed E-state index contributed by atoms with van der Waals surface area (Å²) in [4.78, 5) is 21.3. The second-order valence-corrected chi connectivity index (χ2v) is 10.7. The topological polar surface area (TPSA) is 88.3 Å². The maximum atomic E-state index is 13.1. The number of ether oxygens (including phenoxy) is 4. The van der Waals surface area contributed by atoms with Crippen molar-refractivity contribution in [3.05, 3.63) is 78.0 Å². The van der Waals surface area contributed by atoms with E-state index in [1.807, 2.05) is 66.9 Å². The Morgan fingerprint density at radius 2 is 1.53 bits per heavy atom. The summed E-state index contributed by atoms with van der Waals surface area (Å²) >= 11 is 0. The molecule has 0 spiro atoms. The number of unbranched alkanes of at least 4 members (excludes halogenated alkanes) is 1. The van der Waals surface area contributed by atoms with Crippen molar-refractivity contribution < 1.29 is 23.7 Å². The summed E-state index contributed by atoms with van der Waals surface area (Å²) in [5.74, 6) is 2.46. The molecule has 9 heteroatoms. The Hall–Kier alpha value is -4.21. The molecule has 0 radical (unpaired) electrons. The fraction of sp³-hybridized carbons (Fsp3) is 0.382. The third-order valence-corrected chi connectivity index (χ3v) is 8.01. The fourth-order valence-electron chi connectivity index (χ4n) is 5.59. The van der Waals surface area contributed by atoms with E-state index in [0.717, 1.165) is 75.1 Å². The highest BCUT2D eigenvalue weighted by Gasteiger charge is 2.18. The van der Waals surface area contributed by atoms with Gasteiger partial charge in [0.1, 0.15) is 5.75 Å². The average molecular weight is 587 g/mol. The minimum Gasteiger partial charge on any atom is -0.493 e. The van der Waals surface area contributed by atoms with Crippen molar-refractivity contribution in [1.29, 1.82) is 0 Å². The highest BCUT2D eigenvalue weighted by atomic mass is 16.5. The molecule has 1 saturated heterocycles. The maximum Gasteiger partial charge on any atom is 0.259 e. The Morgan fingerprint density at radius 1 is 0.814 bits per heavy atom. The Kier molecular flexibility index (Phi) is 10.4. The number of piperazine rings is 1. The maximum absolute atomic E-state index is 13.1. The smallest absolute Gasteiger partial charge is 0.259 e. The first kappa shape index (κ1) is 30.3. The van der Waals surface area contributed by atoms with Gasteiger partial charge in [0.2, 0.25) is 5.75 Å². The van der Waals surface area contributed by atoms with Crippen LogP contribution < -0.4 is 24.3 Å². The van der Waals surface area contributed by atoms with Crippen molar-refractivity contribution in [2.45, 2.75) is 19.3 Å². The second kappa shape index (κ2) is 14.8. The molecular weight excluding hydrogens is 544 g/mol. The van der Waals surface area contributed by atoms with E-state index >= 15 is 0 Å². The van der Waals surface area contributed by atoms with Crippen LogP contribution in [-0.2, 0) is 6.42 Å². The van der Waals surface area contributed by atoms with Crippen LogP contribution >= 0.6 is 0 Å². The molecule has 1 aromatic heterocycles. The minimum absolute atomic E-state index is 0.174. The van der Waals surface area contributed by atoms with Gasteiger partial charge in [-0.25, -0.2) is 0 Å². The van der Waals surface area contributed by atoms with Gasteiger partial charge in [0.05, 0.1) is 39.2 Å². The number of H-pyrrole nitrogens is 1. The average Bonchev–Trinajstić information content (AvgIpc) is 3.54. The molecule has 3 aromatic carbocycles. The van der Waals surface area contributed by atoms with Gasteiger partial charge in [-0.15, -0.1) is 0 Å². The number of methoxy groups -OCH3 is 3. The molecule has 4 aromatic rings. The predicted molar refractivity (Wildman–Crippen MR) is 170 cm³/mol. The first-order valence-electron chi connectivity index (χ1n) is 14.9. The van der Waals surface area contributed by atoms with Crippen LogP contribution in [0.5, 0.6) is 23.0 Å². The number of rotatable bonds is 14. The number of para-hydroxylation sites is 1. The van der Waals surface area contributed by atoms with Crippen LogP contribution in [0.4, 0.5) is 5.69 Å². The summed E-state index contributed by atoms with van der Waals surface area (Å²) in [7, 11) is 4.93. The molecule has 2 heterocycles. The van der Waals surface area contributed by atoms with Gasteiger partial charge in [-0.05, 0) is 73.8 Å². The van der Waals surface area contributed by atoms with Gasteiger partial charge in [-0.3, -0.25) is 4.79 Å². The third-order valence-electron chi connectivity index (χ3n) is 8.01. The highest BCUT2D eigenvalue weighted by molar-refractivity contribution is 6.10. The minimum atomic E-state index is -0.174. The van der Waals surface area contributed by atoms with Crippen molar-refractivity contribution in [1.82, 2.24) is 14.8 Å². The number of hydrogen-bond acceptors (Lipinski definition) is 7. The van der Waals surface area contributed by atoms with Gasteiger partial charge in [-0.1, -0.05) is 18.2 Å². The number of benzene rings is 3. The standard InChI is InChI=1S/C34H42N4O5/c1-40-31-23-25(24-32(41-2)33(31)42-3)14-17-38-20-18-37(19-21-38)16-6-7-22-43-30-12-5-4-9-27(30)34(39)36-29-11-8-10-28-26(29)13-15-35-28/h4-5,8-13,15,23-24,35H,6-7,14,16-22H2,1-3H3,(H,36,39). The summed E-state index contributed by atoms with van der Waals surface area (Å²) in [6.45, 7) is 6.85. The normalized spacial score (nSPS) is 14.0. The number of amides is 1. The number of aromatic nitrogens is 1. The Bertz CT molecular complexity index is 1470. The van der Waals surface area contributed by atoms with Crippen molar-refractivity contribution >= 4 is 22.5 Å². The van der Waals surface area contributed by atoms with Crippen LogP contribution in [-0.4, -0.2) is 87.9 Å². The van der Waals surface area contributed by atoms with Gasteiger partial charge in [-0.2, -0.15) is 0 Å². The number of carbonyl (C=O) groups excluding carboxylic acids is 1. The van der Waals surface area contributed by atoms with Gasteiger partial charge in [0.25, 0.3) is 5.91 Å². The van der Waals surface area contributed by atoms with E-state index < -0.39 is 0 Å². The first-order chi connectivity index (χ1) is 21.1. The molecule has 0 bridgehead atoms. The lowest BCUT2D eigenvalue weighted by atomic mass is 10.1. The van der Waals surface area contributed by atoms with Crippen molar-refractivity contribution in [2.75, 3.05) is 72.5 Å². The SMILES string of the molecule is COc1cc(CCN2CCN(CCCCOc3ccccc3C(=O)Nc3cccc4[nH]ccc34)CC2)cc(OC)c1OC. The van der Waals surface area contributed by atoms with E-state index in [9.17, 15) is 4.79 Å². The number of fused-ring (bicyclic) bond motifs is 1. The van der Waals surface area contributed by atoms with E-state index in [0.29, 0.717) is 35.2 Å². The first-order valence-corrected chi connectivity index (χ1v) is 14.9. The molecule has 9 nitrogen and oxygen atoms in total. The molecule has 5 rings (SSSR count). The zero-order valence-electron chi connectivity index (χ0n) is 25.4. The lowest BCUT2D eigenvalue weighted by molar-refractivity contribution is 0.102. The van der Waals surface area contributed by atoms with Crippen LogP contribution in [0.2, 0.25) is 0 Å². The quantitative estimate of drug-likeness (QED) is 0.190. The van der Waals surface area contributed by atoms with Crippen LogP contribution in [0.1, 0.15) is 28.8 Å². The molecule has 0 saturated carbocycles. The van der Waals surface area contributed by atoms with Gasteiger partial charge < -0.3 is 39.0 Å². The van der Waals surface area contributed by atoms with E-state index in [-0.39, 0.29) is 5.91 Å². The molecule has 1 aliphatic heterocycles. The lowest BCUT2D eigenvalue weighted by Crippen LogP contribution is -2.47. The molecular formula is C34H42N4O5. The van der Waals surface area contributed by atoms with Crippen LogP contribution in [0.15, 0.2) is 66.9 Å². The Balaban J connectivity index is 1.02. The molecule has 0 unspecified atom stereocenters. The van der Waals surface area contributed by atoms with E-state index in [1.165, 1.54) is 5.56 Å². The highest BCUT2D eigenvalue weighted by Crippen LogP contribution is 2.38. The van der Waals surface area contributed by atoms with E-state index in [1.54, 1.807) is 21.3 Å². The van der Waals surface area contributed by atoms with Crippen molar-refractivity contribution in [3.63, 3.8) is 0 Å². The largest absolute Gasteiger partial charge is 0.493 e. The van der Waals surface area contributed by atoms with Crippen molar-refractivity contribution in [2.24, 2.45) is 0 Å². The number of anilines is 1. The number of nitrogens with zero attached hydrogens (tertiary/aromatic N) is 2. The molecule has 1 fully saturated rings. The molecule has 2 N–H and O–H groups in total. The van der Waals surface area contributed by atoms with Gasteiger partial charge in [0, 0.05) is 49.8 Å². The molecule has 43 heavy (non-hydrogen) atoms. The monoisotopic (exact) mass is 586 g/mol. The van der Waals surface area contributed by atoms with Gasteiger partial charge >= 0.3 is 0 Å². The summed E-state index contributed by atoms with van der Waals surface area (Å²) in [5, 5.41) is 4.02. The predicted octanol–water partition coefficient (Wildman–Crippen LogP) is 5.47.